The Bertz CT molecular complexity index is 706. The molecule has 1 amide bonds. The average Bonchev–Trinajstić information content (AvgIpc) is 3.15. The van der Waals surface area contributed by atoms with Gasteiger partial charge in [0.15, 0.2) is 0 Å². The summed E-state index contributed by atoms with van der Waals surface area (Å²) in [6.45, 7) is 1.95. The van der Waals surface area contributed by atoms with E-state index in [1.807, 2.05) is 65.6 Å². The molecule has 3 rings (SSSR count). The fourth-order valence-corrected chi connectivity index (χ4v) is 3.04. The number of carbonyl (C=O) groups is 1. The van der Waals surface area contributed by atoms with Crippen molar-refractivity contribution in [1.82, 2.24) is 4.90 Å². The molecule has 25 heavy (non-hydrogen) atoms. The van der Waals surface area contributed by atoms with E-state index in [0.29, 0.717) is 18.1 Å². The van der Waals surface area contributed by atoms with Crippen molar-refractivity contribution in [3.63, 3.8) is 0 Å². The second-order valence-electron chi connectivity index (χ2n) is 6.22. The van der Waals surface area contributed by atoms with Gasteiger partial charge in [-0.05, 0) is 42.2 Å². The van der Waals surface area contributed by atoms with E-state index in [-0.39, 0.29) is 12.0 Å². The van der Waals surface area contributed by atoms with Gasteiger partial charge in [-0.15, -0.1) is 0 Å². The van der Waals surface area contributed by atoms with E-state index in [9.17, 15) is 4.79 Å². The highest BCUT2D eigenvalue weighted by atomic mass is 35.5. The molecular weight excluding hydrogens is 334 g/mol. The van der Waals surface area contributed by atoms with Gasteiger partial charge in [-0.3, -0.25) is 4.79 Å². The first-order valence-electron chi connectivity index (χ1n) is 8.59. The molecule has 3 nitrogen and oxygen atoms in total. The summed E-state index contributed by atoms with van der Waals surface area (Å²) in [7, 11) is 0. The molecular formula is C21H22ClNO2. The summed E-state index contributed by atoms with van der Waals surface area (Å²) in [5.74, 6) is -0.00527. The van der Waals surface area contributed by atoms with Gasteiger partial charge in [0.25, 0.3) is 0 Å². The predicted molar refractivity (Wildman–Crippen MR) is 101 cm³/mol. The third-order valence-electron chi connectivity index (χ3n) is 4.26. The van der Waals surface area contributed by atoms with Gasteiger partial charge in [-0.1, -0.05) is 54.1 Å². The van der Waals surface area contributed by atoms with E-state index >= 15 is 0 Å². The van der Waals surface area contributed by atoms with E-state index in [1.54, 1.807) is 6.08 Å². The van der Waals surface area contributed by atoms with Gasteiger partial charge in [0, 0.05) is 30.8 Å². The number of rotatable bonds is 6. The van der Waals surface area contributed by atoms with Gasteiger partial charge < -0.3 is 9.64 Å². The molecule has 1 fully saturated rings. The molecule has 0 aromatic heterocycles. The third-order valence-corrected chi connectivity index (χ3v) is 4.52. The lowest BCUT2D eigenvalue weighted by Crippen LogP contribution is -2.35. The fraction of sp³-hybridized carbons (Fsp3) is 0.286. The molecule has 0 radical (unpaired) electrons. The predicted octanol–water partition coefficient (Wildman–Crippen LogP) is 4.56. The third kappa shape index (κ3) is 5.45. The average molecular weight is 356 g/mol. The van der Waals surface area contributed by atoms with Gasteiger partial charge in [-0.25, -0.2) is 0 Å². The van der Waals surface area contributed by atoms with Crippen LogP contribution in [0.4, 0.5) is 0 Å². The van der Waals surface area contributed by atoms with E-state index < -0.39 is 0 Å². The summed E-state index contributed by atoms with van der Waals surface area (Å²) >= 11 is 5.95. The van der Waals surface area contributed by atoms with Crippen LogP contribution >= 0.6 is 11.6 Å². The van der Waals surface area contributed by atoms with E-state index in [0.717, 1.165) is 30.6 Å². The number of halogens is 1. The van der Waals surface area contributed by atoms with Crippen molar-refractivity contribution in [2.24, 2.45) is 0 Å². The molecule has 1 aliphatic heterocycles. The molecule has 1 atom stereocenters. The first-order chi connectivity index (χ1) is 12.2. The smallest absolute Gasteiger partial charge is 0.246 e. The number of hydrogen-bond donors (Lipinski definition) is 0. The number of amides is 1. The van der Waals surface area contributed by atoms with E-state index in [1.165, 1.54) is 0 Å². The summed E-state index contributed by atoms with van der Waals surface area (Å²) in [5, 5.41) is 0.699. The van der Waals surface area contributed by atoms with Crippen molar-refractivity contribution in [2.45, 2.75) is 25.5 Å². The highest BCUT2D eigenvalue weighted by Crippen LogP contribution is 2.17. The minimum absolute atomic E-state index is 0.00527. The number of carbonyl (C=O) groups excluding carboxylic acids is 1. The summed E-state index contributed by atoms with van der Waals surface area (Å²) in [6, 6.07) is 17.5. The summed E-state index contributed by atoms with van der Waals surface area (Å²) < 4.78 is 5.71. The Labute approximate surface area is 153 Å². The fourth-order valence-electron chi connectivity index (χ4n) is 2.91. The minimum atomic E-state index is -0.00527. The molecule has 1 aliphatic rings. The van der Waals surface area contributed by atoms with Gasteiger partial charge >= 0.3 is 0 Å². The molecule has 0 aliphatic carbocycles. The molecule has 1 saturated heterocycles. The van der Waals surface area contributed by atoms with Crippen LogP contribution in [0.5, 0.6) is 0 Å². The van der Waals surface area contributed by atoms with Gasteiger partial charge in [0.05, 0.1) is 6.10 Å². The second-order valence-corrected chi connectivity index (χ2v) is 6.66. The van der Waals surface area contributed by atoms with Crippen LogP contribution in [0.15, 0.2) is 60.7 Å². The van der Waals surface area contributed by atoms with Crippen molar-refractivity contribution in [3.05, 3.63) is 76.8 Å². The minimum Gasteiger partial charge on any atom is -0.376 e. The molecule has 0 spiro atoms. The van der Waals surface area contributed by atoms with Gasteiger partial charge in [0.1, 0.15) is 0 Å². The van der Waals surface area contributed by atoms with Crippen molar-refractivity contribution in [3.8, 4) is 0 Å². The number of nitrogens with zero attached hydrogens (tertiary/aromatic N) is 1. The molecule has 0 saturated carbocycles. The van der Waals surface area contributed by atoms with Crippen LogP contribution in [-0.2, 0) is 16.1 Å². The van der Waals surface area contributed by atoms with E-state index in [4.69, 9.17) is 16.3 Å². The van der Waals surface area contributed by atoms with Crippen LogP contribution < -0.4 is 0 Å². The largest absolute Gasteiger partial charge is 0.376 e. The maximum absolute atomic E-state index is 12.7. The summed E-state index contributed by atoms with van der Waals surface area (Å²) in [6.07, 6.45) is 5.69. The summed E-state index contributed by atoms with van der Waals surface area (Å²) in [5.41, 5.74) is 2.07. The topological polar surface area (TPSA) is 29.5 Å². The van der Waals surface area contributed by atoms with Crippen LogP contribution in [0.3, 0.4) is 0 Å². The van der Waals surface area contributed by atoms with Gasteiger partial charge in [-0.2, -0.15) is 0 Å². The molecule has 130 valence electrons. The van der Waals surface area contributed by atoms with Crippen LogP contribution in [0.2, 0.25) is 5.02 Å². The molecule has 2 aromatic rings. The Morgan fingerprint density at radius 2 is 1.92 bits per heavy atom. The molecule has 1 heterocycles. The molecule has 2 aromatic carbocycles. The maximum atomic E-state index is 12.7. The zero-order valence-electron chi connectivity index (χ0n) is 14.1. The number of ether oxygens (including phenoxy) is 1. The first-order valence-corrected chi connectivity index (χ1v) is 8.96. The van der Waals surface area contributed by atoms with E-state index in [2.05, 4.69) is 0 Å². The van der Waals surface area contributed by atoms with Crippen LogP contribution in [0, 0.1) is 0 Å². The SMILES string of the molecule is O=C(/C=C/c1ccccc1)N(Cc1ccc(Cl)cc1)CC1CCCO1. The zero-order chi connectivity index (χ0) is 17.5. The van der Waals surface area contributed by atoms with Crippen LogP contribution in [0.25, 0.3) is 6.08 Å². The lowest BCUT2D eigenvalue weighted by molar-refractivity contribution is -0.128. The molecule has 0 bridgehead atoms. The lowest BCUT2D eigenvalue weighted by Gasteiger charge is -2.24. The normalized spacial score (nSPS) is 17.1. The second kappa shape index (κ2) is 8.84. The monoisotopic (exact) mass is 355 g/mol. The molecule has 1 unspecified atom stereocenters. The zero-order valence-corrected chi connectivity index (χ0v) is 14.9. The standard InChI is InChI=1S/C21H22ClNO2/c22-19-11-8-18(9-12-19)15-23(16-20-7-4-14-25-20)21(24)13-10-17-5-2-1-3-6-17/h1-3,5-6,8-13,20H,4,7,14-16H2/b13-10+. The highest BCUT2D eigenvalue weighted by molar-refractivity contribution is 6.30. The van der Waals surface area contributed by atoms with Crippen molar-refractivity contribution < 1.29 is 9.53 Å². The first kappa shape index (κ1) is 17.7. The Balaban J connectivity index is 1.71. The quantitative estimate of drug-likeness (QED) is 0.711. The van der Waals surface area contributed by atoms with Crippen molar-refractivity contribution in [1.29, 1.82) is 0 Å². The van der Waals surface area contributed by atoms with Gasteiger partial charge in [0.2, 0.25) is 5.91 Å². The number of benzene rings is 2. The molecule has 4 heteroatoms. The summed E-state index contributed by atoms with van der Waals surface area (Å²) in [4.78, 5) is 14.6. The Hall–Kier alpha value is -2.10. The van der Waals surface area contributed by atoms with Crippen molar-refractivity contribution >= 4 is 23.6 Å². The lowest BCUT2D eigenvalue weighted by atomic mass is 10.1. The van der Waals surface area contributed by atoms with Crippen molar-refractivity contribution in [2.75, 3.05) is 13.2 Å². The Morgan fingerprint density at radius 3 is 2.60 bits per heavy atom. The van der Waals surface area contributed by atoms with Crippen LogP contribution in [0.1, 0.15) is 24.0 Å². The highest BCUT2D eigenvalue weighted by Gasteiger charge is 2.21. The molecule has 0 N–H and O–H groups in total. The maximum Gasteiger partial charge on any atom is 0.246 e. The van der Waals surface area contributed by atoms with Crippen LogP contribution in [-0.4, -0.2) is 30.1 Å². The Kier molecular flexibility index (Phi) is 6.26. The Morgan fingerprint density at radius 1 is 1.16 bits per heavy atom. The number of hydrogen-bond acceptors (Lipinski definition) is 2.